The number of esters is 4. The number of fused-ring (bicyclic) bond motifs is 2. The second-order valence-electron chi connectivity index (χ2n) is 17.0. The maximum absolute atomic E-state index is 13.0. The van der Waals surface area contributed by atoms with Crippen LogP contribution >= 0.6 is 24.4 Å². The van der Waals surface area contributed by atoms with Gasteiger partial charge in [0.2, 0.25) is 0 Å². The number of hydrogen-bond donors (Lipinski definition) is 3. The third-order valence-electron chi connectivity index (χ3n) is 9.58. The van der Waals surface area contributed by atoms with Crippen LogP contribution in [0.2, 0.25) is 0 Å². The molecule has 0 aliphatic carbocycles. The van der Waals surface area contributed by atoms with Gasteiger partial charge in [0.15, 0.2) is 0 Å². The van der Waals surface area contributed by atoms with E-state index in [1.807, 2.05) is 0 Å². The molecular formula is C46H62N4O13S2. The fourth-order valence-corrected chi connectivity index (χ4v) is 8.12. The van der Waals surface area contributed by atoms with Crippen molar-refractivity contribution in [1.29, 1.82) is 0 Å². The Hall–Kier alpha value is -5.11. The number of amides is 4. The van der Waals surface area contributed by atoms with Crippen LogP contribution in [-0.2, 0) is 42.9 Å². The van der Waals surface area contributed by atoms with Gasteiger partial charge in [-0.15, -0.1) is 11.8 Å². The first kappa shape index (κ1) is 54.2. The molecule has 5 atom stereocenters. The highest BCUT2D eigenvalue weighted by atomic mass is 32.2. The summed E-state index contributed by atoms with van der Waals surface area (Å²) in [5, 5.41) is 3.28. The van der Waals surface area contributed by atoms with Gasteiger partial charge in [-0.1, -0.05) is 24.3 Å². The summed E-state index contributed by atoms with van der Waals surface area (Å²) in [5.74, 6) is -2.88. The highest BCUT2D eigenvalue weighted by molar-refractivity contribution is 8.00. The number of benzene rings is 2. The van der Waals surface area contributed by atoms with E-state index in [-0.39, 0.29) is 53.7 Å². The third-order valence-corrected chi connectivity index (χ3v) is 11.3. The molecule has 17 nitrogen and oxygen atoms in total. The number of carbonyl (C=O) groups excluding carboxylic acids is 9. The highest BCUT2D eigenvalue weighted by Crippen LogP contribution is 2.31. The molecule has 19 heteroatoms. The predicted molar refractivity (Wildman–Crippen MR) is 245 cm³/mol. The number of thiol groups is 1. The average molecular weight is 943 g/mol. The Bertz CT molecular complexity index is 1980. The number of aldehydes is 1. The quantitative estimate of drug-likeness (QED) is 0.0477. The SMILES string of the molecule is CC(C)(C)OC(=O)[C@H](CCCC=O)N1C(=O)c2ccccc2C1=O.CCOC(=O)[C@@H](N)CS.CCOC(=O)[C@@H]1CSC(CCC[C@@H](C(=O)OC(C)(C)C)N2C(=O)c3ccccc3C2=O)N1. The first-order valence-corrected chi connectivity index (χ1v) is 23.2. The van der Waals surface area contributed by atoms with Crippen LogP contribution in [0, 0.1) is 0 Å². The van der Waals surface area contributed by atoms with Gasteiger partial charge < -0.3 is 29.5 Å². The van der Waals surface area contributed by atoms with Crippen LogP contribution < -0.4 is 11.1 Å². The first-order chi connectivity index (χ1) is 30.6. The number of imide groups is 2. The number of nitrogens with zero attached hydrogens (tertiary/aromatic N) is 2. The normalized spacial score (nSPS) is 17.9. The van der Waals surface area contributed by atoms with Gasteiger partial charge in [-0.3, -0.25) is 43.9 Å². The van der Waals surface area contributed by atoms with Crippen molar-refractivity contribution in [3.63, 3.8) is 0 Å². The van der Waals surface area contributed by atoms with Crippen molar-refractivity contribution < 1.29 is 62.1 Å². The number of carbonyl (C=O) groups is 9. The van der Waals surface area contributed by atoms with E-state index in [0.29, 0.717) is 55.1 Å². The smallest absolute Gasteiger partial charge is 0.329 e. The van der Waals surface area contributed by atoms with Crippen LogP contribution in [0.3, 0.4) is 0 Å². The molecule has 0 aromatic heterocycles. The molecule has 65 heavy (non-hydrogen) atoms. The summed E-state index contributed by atoms with van der Waals surface area (Å²) >= 11 is 5.44. The van der Waals surface area contributed by atoms with Crippen LogP contribution in [0.15, 0.2) is 48.5 Å². The number of hydrogen-bond acceptors (Lipinski definition) is 17. The zero-order valence-corrected chi connectivity index (χ0v) is 40.0. The monoisotopic (exact) mass is 942 g/mol. The Labute approximate surface area is 389 Å². The largest absolute Gasteiger partial charge is 0.465 e. The molecule has 0 radical (unpaired) electrons. The number of nitrogens with one attached hydrogen (secondary N) is 1. The molecular weight excluding hydrogens is 881 g/mol. The summed E-state index contributed by atoms with van der Waals surface area (Å²) in [7, 11) is 0. The lowest BCUT2D eigenvalue weighted by Crippen LogP contribution is -2.47. The van der Waals surface area contributed by atoms with Gasteiger partial charge in [0.25, 0.3) is 23.6 Å². The summed E-state index contributed by atoms with van der Waals surface area (Å²) in [4.78, 5) is 112. The topological polar surface area (TPSA) is 235 Å². The van der Waals surface area contributed by atoms with Gasteiger partial charge >= 0.3 is 23.9 Å². The fourth-order valence-electron chi connectivity index (χ4n) is 6.72. The van der Waals surface area contributed by atoms with Crippen molar-refractivity contribution in [1.82, 2.24) is 15.1 Å². The van der Waals surface area contributed by atoms with Gasteiger partial charge in [0.05, 0.1) is 40.8 Å². The van der Waals surface area contributed by atoms with Crippen molar-refractivity contribution >= 4 is 78.2 Å². The molecule has 1 unspecified atom stereocenters. The molecule has 2 aromatic carbocycles. The van der Waals surface area contributed by atoms with Crippen LogP contribution in [0.1, 0.15) is 135 Å². The molecule has 1 saturated heterocycles. The zero-order chi connectivity index (χ0) is 48.6. The minimum absolute atomic E-state index is 0.0332. The van der Waals surface area contributed by atoms with Gasteiger partial charge in [-0.2, -0.15) is 12.6 Å². The standard InChI is InChI=1S/C23H30N2O6S.C18H21NO5.C5H11NO2S/c1-5-30-21(28)16-13-32-18(24-16)12-8-11-17(22(29)31-23(2,3)4)25-19(26)14-9-6-7-10-15(14)20(25)27;1-18(2,3)24-17(23)14(10-6-7-11-20)19-15(21)12-8-4-5-9-13(12)16(19)22;1-2-8-5(7)4(6)3-9/h6-7,9-10,16-18,24H,5,8,11-13H2,1-4H3;4-5,8-9,11,14H,6-7,10H2,1-3H3;4,9H,2-3,6H2,1H3/t16-,17-,18?;14-;4-/m000/s1. The molecule has 3 aliphatic heterocycles. The molecule has 0 spiro atoms. The Morgan fingerprint density at radius 2 is 1.15 bits per heavy atom. The second-order valence-corrected chi connectivity index (χ2v) is 18.6. The van der Waals surface area contributed by atoms with Gasteiger partial charge in [0, 0.05) is 17.9 Å². The lowest BCUT2D eigenvalue weighted by Gasteiger charge is -2.29. The third kappa shape index (κ3) is 15.5. The Morgan fingerprint density at radius 1 is 0.738 bits per heavy atom. The van der Waals surface area contributed by atoms with Crippen LogP contribution in [0.4, 0.5) is 0 Å². The summed E-state index contributed by atoms with van der Waals surface area (Å²) in [5.41, 5.74) is 4.94. The van der Waals surface area contributed by atoms with Crippen molar-refractivity contribution in [2.45, 2.75) is 135 Å². The van der Waals surface area contributed by atoms with Crippen molar-refractivity contribution in [2.75, 3.05) is 24.7 Å². The summed E-state index contributed by atoms with van der Waals surface area (Å²) < 4.78 is 20.5. The average Bonchev–Trinajstić information content (AvgIpc) is 3.90. The first-order valence-electron chi connectivity index (χ1n) is 21.5. The molecule has 3 aliphatic rings. The van der Waals surface area contributed by atoms with Gasteiger partial charge in [-0.05, 0) is 112 Å². The van der Waals surface area contributed by atoms with E-state index in [1.165, 1.54) is 0 Å². The van der Waals surface area contributed by atoms with E-state index in [2.05, 4.69) is 22.7 Å². The molecule has 356 valence electrons. The molecule has 4 amide bonds. The second kappa shape index (κ2) is 25.0. The number of rotatable bonds is 17. The molecule has 0 saturated carbocycles. The van der Waals surface area contributed by atoms with Crippen LogP contribution in [-0.4, -0.2) is 129 Å². The number of thioether (sulfide) groups is 1. The van der Waals surface area contributed by atoms with Gasteiger partial charge in [-0.25, -0.2) is 9.59 Å². The minimum Gasteiger partial charge on any atom is -0.465 e. The highest BCUT2D eigenvalue weighted by Gasteiger charge is 2.45. The summed E-state index contributed by atoms with van der Waals surface area (Å²) in [6, 6.07) is 10.1. The Kier molecular flexibility index (Phi) is 20.8. The lowest BCUT2D eigenvalue weighted by atomic mass is 10.1. The molecule has 1 fully saturated rings. The fraction of sp³-hybridized carbons (Fsp3) is 0.543. The van der Waals surface area contributed by atoms with E-state index < -0.39 is 64.9 Å². The van der Waals surface area contributed by atoms with E-state index in [4.69, 9.17) is 19.9 Å². The Balaban J connectivity index is 0.000000299. The van der Waals surface area contributed by atoms with Crippen molar-refractivity contribution in [3.05, 3.63) is 70.8 Å². The van der Waals surface area contributed by atoms with E-state index >= 15 is 0 Å². The van der Waals surface area contributed by atoms with Gasteiger partial charge in [0.1, 0.15) is 41.7 Å². The van der Waals surface area contributed by atoms with Crippen molar-refractivity contribution in [2.24, 2.45) is 5.73 Å². The number of unbranched alkanes of at least 4 members (excludes halogenated alkanes) is 1. The molecule has 0 bridgehead atoms. The molecule has 2 aromatic rings. The van der Waals surface area contributed by atoms with Crippen LogP contribution in [0.5, 0.6) is 0 Å². The molecule has 3 heterocycles. The maximum atomic E-state index is 13.0. The molecule has 5 rings (SSSR count). The van der Waals surface area contributed by atoms with Crippen molar-refractivity contribution in [3.8, 4) is 0 Å². The number of ether oxygens (including phenoxy) is 4. The van der Waals surface area contributed by atoms with E-state index in [0.717, 1.165) is 16.1 Å². The lowest BCUT2D eigenvalue weighted by molar-refractivity contribution is -0.160. The van der Waals surface area contributed by atoms with E-state index in [9.17, 15) is 43.2 Å². The summed E-state index contributed by atoms with van der Waals surface area (Å²) in [6.07, 6.45) is 3.10. The minimum atomic E-state index is -1.03. The maximum Gasteiger partial charge on any atom is 0.329 e. The van der Waals surface area contributed by atoms with Crippen LogP contribution in [0.25, 0.3) is 0 Å². The van der Waals surface area contributed by atoms with E-state index in [1.54, 1.807) is 116 Å². The summed E-state index contributed by atoms with van der Waals surface area (Å²) in [6.45, 7) is 14.6. The zero-order valence-electron chi connectivity index (χ0n) is 38.3. The molecule has 3 N–H and O–H groups in total. The predicted octanol–water partition coefficient (Wildman–Crippen LogP) is 4.93. The Morgan fingerprint density at radius 3 is 1.52 bits per heavy atom. The number of nitrogens with two attached hydrogens (primary N) is 1.